The topological polar surface area (TPSA) is 68.9 Å². The number of nitrogens with one attached hydrogen (secondary N) is 1. The van der Waals surface area contributed by atoms with Gasteiger partial charge in [0.1, 0.15) is 5.75 Å². The van der Waals surface area contributed by atoms with Crippen LogP contribution in [0.1, 0.15) is 32.8 Å². The van der Waals surface area contributed by atoms with Gasteiger partial charge < -0.3 is 20.5 Å². The van der Waals surface area contributed by atoms with E-state index in [9.17, 15) is 0 Å². The van der Waals surface area contributed by atoms with Crippen LogP contribution < -0.4 is 15.8 Å². The van der Waals surface area contributed by atoms with Gasteiger partial charge in [-0.1, -0.05) is 26.0 Å². The van der Waals surface area contributed by atoms with E-state index in [-0.39, 0.29) is 6.10 Å². The van der Waals surface area contributed by atoms with Crippen LogP contribution in [0, 0.1) is 5.92 Å². The highest BCUT2D eigenvalue weighted by Gasteiger charge is 2.12. The number of methoxy groups -OCH3 is 1. The van der Waals surface area contributed by atoms with Crippen LogP contribution in [0.4, 0.5) is 0 Å². The second kappa shape index (κ2) is 10.9. The first kappa shape index (κ1) is 19.3. The Hall–Kier alpha value is -1.75. The molecule has 0 radical (unpaired) electrons. The number of hydrogen-bond donors (Lipinski definition) is 2. The number of nitrogens with zero attached hydrogens (tertiary/aromatic N) is 1. The minimum absolute atomic E-state index is 0.246. The molecule has 0 aliphatic carbocycles. The van der Waals surface area contributed by atoms with Gasteiger partial charge in [0.25, 0.3) is 0 Å². The summed E-state index contributed by atoms with van der Waals surface area (Å²) >= 11 is 0. The van der Waals surface area contributed by atoms with Gasteiger partial charge in [-0.3, -0.25) is 4.99 Å². The second-order valence-corrected chi connectivity index (χ2v) is 5.82. The highest BCUT2D eigenvalue weighted by molar-refractivity contribution is 5.77. The van der Waals surface area contributed by atoms with Crippen molar-refractivity contribution in [3.05, 3.63) is 29.8 Å². The summed E-state index contributed by atoms with van der Waals surface area (Å²) in [5, 5.41) is 3.15. The van der Waals surface area contributed by atoms with Crippen LogP contribution >= 0.6 is 0 Å². The third-order valence-corrected chi connectivity index (χ3v) is 3.70. The van der Waals surface area contributed by atoms with Gasteiger partial charge in [0.05, 0.1) is 13.2 Å². The number of rotatable bonds is 10. The van der Waals surface area contributed by atoms with Gasteiger partial charge >= 0.3 is 0 Å². The van der Waals surface area contributed by atoms with E-state index in [1.54, 1.807) is 7.11 Å². The highest BCUT2D eigenvalue weighted by atomic mass is 16.5. The van der Waals surface area contributed by atoms with Gasteiger partial charge in [-0.2, -0.15) is 0 Å². The van der Waals surface area contributed by atoms with Crippen LogP contribution in [0.2, 0.25) is 0 Å². The minimum atomic E-state index is 0.246. The summed E-state index contributed by atoms with van der Waals surface area (Å²) in [5.74, 6) is 1.86. The largest absolute Gasteiger partial charge is 0.497 e. The van der Waals surface area contributed by atoms with Crippen LogP contribution in [-0.2, 0) is 11.2 Å². The summed E-state index contributed by atoms with van der Waals surface area (Å²) < 4.78 is 10.8. The van der Waals surface area contributed by atoms with Crippen molar-refractivity contribution < 1.29 is 9.47 Å². The molecule has 1 rings (SSSR count). The number of benzene rings is 1. The molecule has 5 heteroatoms. The predicted octanol–water partition coefficient (Wildman–Crippen LogP) is 2.59. The van der Waals surface area contributed by atoms with Gasteiger partial charge in [-0.25, -0.2) is 0 Å². The fourth-order valence-electron chi connectivity index (χ4n) is 2.32. The molecule has 1 unspecified atom stereocenters. The maximum atomic E-state index is 5.90. The summed E-state index contributed by atoms with van der Waals surface area (Å²) in [5.41, 5.74) is 7.14. The summed E-state index contributed by atoms with van der Waals surface area (Å²) in [6, 6.07) is 8.05. The van der Waals surface area contributed by atoms with Crippen molar-refractivity contribution >= 4 is 5.96 Å². The number of guanidine groups is 1. The molecule has 130 valence electrons. The molecule has 0 aliphatic heterocycles. The van der Waals surface area contributed by atoms with Crippen LogP contribution in [0.5, 0.6) is 5.75 Å². The van der Waals surface area contributed by atoms with Crippen molar-refractivity contribution in [2.45, 2.75) is 39.7 Å². The Bertz CT molecular complexity index is 458. The standard InChI is InChI=1S/C18H31N3O2/c1-5-23-17(14(2)3)11-13-21-18(19)20-12-10-15-6-8-16(22-4)9-7-15/h6-9,14,17H,5,10-13H2,1-4H3,(H3,19,20,21). The Morgan fingerprint density at radius 3 is 2.52 bits per heavy atom. The second-order valence-electron chi connectivity index (χ2n) is 5.82. The summed E-state index contributed by atoms with van der Waals surface area (Å²) in [6.45, 7) is 8.54. The molecule has 0 saturated heterocycles. The average molecular weight is 321 g/mol. The van der Waals surface area contributed by atoms with Crippen LogP contribution in [0.15, 0.2) is 29.3 Å². The Balaban J connectivity index is 2.27. The van der Waals surface area contributed by atoms with Crippen LogP contribution in [-0.4, -0.2) is 38.9 Å². The molecule has 1 aromatic rings. The first-order valence-electron chi connectivity index (χ1n) is 8.35. The fourth-order valence-corrected chi connectivity index (χ4v) is 2.32. The molecule has 1 aromatic carbocycles. The molecule has 0 aromatic heterocycles. The Morgan fingerprint density at radius 2 is 1.96 bits per heavy atom. The summed E-state index contributed by atoms with van der Waals surface area (Å²) in [7, 11) is 1.67. The molecule has 0 saturated carbocycles. The summed E-state index contributed by atoms with van der Waals surface area (Å²) in [4.78, 5) is 4.37. The van der Waals surface area contributed by atoms with E-state index in [1.807, 2.05) is 19.1 Å². The van der Waals surface area contributed by atoms with E-state index in [2.05, 4.69) is 36.3 Å². The van der Waals surface area contributed by atoms with Crippen molar-refractivity contribution in [2.75, 3.05) is 26.8 Å². The minimum Gasteiger partial charge on any atom is -0.497 e. The molecule has 0 bridgehead atoms. The van der Waals surface area contributed by atoms with Gasteiger partial charge in [0.2, 0.25) is 0 Å². The maximum absolute atomic E-state index is 5.90. The average Bonchev–Trinajstić information content (AvgIpc) is 2.54. The van der Waals surface area contributed by atoms with Crippen molar-refractivity contribution in [3.63, 3.8) is 0 Å². The van der Waals surface area contributed by atoms with E-state index < -0.39 is 0 Å². The first-order valence-corrected chi connectivity index (χ1v) is 8.35. The van der Waals surface area contributed by atoms with E-state index in [0.29, 0.717) is 18.4 Å². The highest BCUT2D eigenvalue weighted by Crippen LogP contribution is 2.11. The fraction of sp³-hybridized carbons (Fsp3) is 0.611. The lowest BCUT2D eigenvalue weighted by molar-refractivity contribution is 0.0266. The van der Waals surface area contributed by atoms with Gasteiger partial charge in [0.15, 0.2) is 5.96 Å². The van der Waals surface area contributed by atoms with E-state index in [4.69, 9.17) is 15.2 Å². The Morgan fingerprint density at radius 1 is 1.26 bits per heavy atom. The van der Waals surface area contributed by atoms with Crippen molar-refractivity contribution in [1.29, 1.82) is 0 Å². The molecular formula is C18H31N3O2. The first-order chi connectivity index (χ1) is 11.1. The van der Waals surface area contributed by atoms with Crippen molar-refractivity contribution in [3.8, 4) is 5.75 Å². The van der Waals surface area contributed by atoms with E-state index >= 15 is 0 Å². The van der Waals surface area contributed by atoms with Crippen molar-refractivity contribution in [1.82, 2.24) is 5.32 Å². The zero-order valence-corrected chi connectivity index (χ0v) is 14.8. The van der Waals surface area contributed by atoms with Gasteiger partial charge in [0, 0.05) is 19.7 Å². The van der Waals surface area contributed by atoms with Gasteiger partial charge in [-0.05, 0) is 43.4 Å². The summed E-state index contributed by atoms with van der Waals surface area (Å²) in [6.07, 6.45) is 2.04. The molecule has 0 amide bonds. The monoisotopic (exact) mass is 321 g/mol. The molecule has 5 nitrogen and oxygen atoms in total. The molecule has 0 spiro atoms. The zero-order chi connectivity index (χ0) is 17.1. The number of ether oxygens (including phenoxy) is 2. The number of aliphatic imine (C=N–C) groups is 1. The predicted molar refractivity (Wildman–Crippen MR) is 96.1 cm³/mol. The molecule has 0 fully saturated rings. The molecule has 0 aliphatic rings. The Labute approximate surface area is 140 Å². The third-order valence-electron chi connectivity index (χ3n) is 3.70. The van der Waals surface area contributed by atoms with Crippen LogP contribution in [0.3, 0.4) is 0 Å². The molecule has 23 heavy (non-hydrogen) atoms. The maximum Gasteiger partial charge on any atom is 0.188 e. The molecule has 1 atom stereocenters. The lowest BCUT2D eigenvalue weighted by atomic mass is 10.0. The van der Waals surface area contributed by atoms with Crippen LogP contribution in [0.25, 0.3) is 0 Å². The smallest absolute Gasteiger partial charge is 0.188 e. The lowest BCUT2D eigenvalue weighted by Gasteiger charge is -2.19. The quantitative estimate of drug-likeness (QED) is 0.513. The molecule has 0 heterocycles. The van der Waals surface area contributed by atoms with E-state index in [1.165, 1.54) is 5.56 Å². The SMILES string of the molecule is CCOC(CCN=C(N)NCCc1ccc(OC)cc1)C(C)C. The molecule has 3 N–H and O–H groups in total. The van der Waals surface area contributed by atoms with Crippen molar-refractivity contribution in [2.24, 2.45) is 16.6 Å². The zero-order valence-electron chi connectivity index (χ0n) is 14.8. The van der Waals surface area contributed by atoms with Gasteiger partial charge in [-0.15, -0.1) is 0 Å². The normalized spacial score (nSPS) is 13.2. The molecular weight excluding hydrogens is 290 g/mol. The van der Waals surface area contributed by atoms with E-state index in [0.717, 1.165) is 31.7 Å². The number of hydrogen-bond acceptors (Lipinski definition) is 3. The Kier molecular flexibility index (Phi) is 9.14. The third kappa shape index (κ3) is 7.88. The number of nitrogens with two attached hydrogens (primary N) is 1. The lowest BCUT2D eigenvalue weighted by Crippen LogP contribution is -2.33.